The topological polar surface area (TPSA) is 59.1 Å². The third-order valence-electron chi connectivity index (χ3n) is 2.60. The van der Waals surface area contributed by atoms with E-state index < -0.39 is 0 Å². The molecule has 0 aliphatic heterocycles. The number of ether oxygens (including phenoxy) is 1. The Morgan fingerprint density at radius 2 is 2.18 bits per heavy atom. The van der Waals surface area contributed by atoms with Crippen LogP contribution in [0.25, 0.3) is 0 Å². The van der Waals surface area contributed by atoms with Crippen molar-refractivity contribution >= 4 is 17.4 Å². The Kier molecular flexibility index (Phi) is 5.29. The van der Waals surface area contributed by atoms with E-state index in [1.807, 2.05) is 25.1 Å². The van der Waals surface area contributed by atoms with E-state index in [0.717, 1.165) is 29.2 Å². The van der Waals surface area contributed by atoms with E-state index in [2.05, 4.69) is 6.92 Å². The van der Waals surface area contributed by atoms with Crippen LogP contribution in [0.15, 0.2) is 18.2 Å². The molecule has 0 aliphatic carbocycles. The molecule has 1 aromatic rings. The predicted octanol–water partition coefficient (Wildman–Crippen LogP) is 3.39. The highest BCUT2D eigenvalue weighted by molar-refractivity contribution is 6.31. The Labute approximate surface area is 107 Å². The summed E-state index contributed by atoms with van der Waals surface area (Å²) in [7, 11) is 0. The molecule has 0 radical (unpaired) electrons. The molecule has 3 N–H and O–H groups in total. The highest BCUT2D eigenvalue weighted by Gasteiger charge is 2.10. The van der Waals surface area contributed by atoms with Gasteiger partial charge in [-0.15, -0.1) is 0 Å². The zero-order valence-corrected chi connectivity index (χ0v) is 11.1. The summed E-state index contributed by atoms with van der Waals surface area (Å²) in [5, 5.41) is 8.05. The summed E-state index contributed by atoms with van der Waals surface area (Å²) in [5.74, 6) is 0.945. The zero-order valence-electron chi connectivity index (χ0n) is 10.3. The molecule has 1 unspecified atom stereocenters. The van der Waals surface area contributed by atoms with E-state index in [4.69, 9.17) is 27.5 Å². The van der Waals surface area contributed by atoms with Gasteiger partial charge in [0.15, 0.2) is 0 Å². The first-order chi connectivity index (χ1) is 8.06. The normalized spacial score (nSPS) is 12.2. The van der Waals surface area contributed by atoms with Crippen molar-refractivity contribution in [2.45, 2.75) is 39.2 Å². The second kappa shape index (κ2) is 6.50. The molecule has 17 heavy (non-hydrogen) atoms. The first kappa shape index (κ1) is 13.8. The van der Waals surface area contributed by atoms with Crippen LogP contribution in [-0.2, 0) is 6.42 Å². The average molecular weight is 255 g/mol. The molecular formula is C13H19ClN2O. The van der Waals surface area contributed by atoms with Gasteiger partial charge in [-0.2, -0.15) is 0 Å². The molecule has 0 saturated heterocycles. The summed E-state index contributed by atoms with van der Waals surface area (Å²) in [6.07, 6.45) is 2.11. The van der Waals surface area contributed by atoms with E-state index in [1.54, 1.807) is 0 Å². The lowest BCUT2D eigenvalue weighted by atomic mass is 10.1. The SMILES string of the molecule is CCc1cc(OC(CC)CC(=N)N)ccc1Cl. The molecule has 0 bridgehead atoms. The minimum absolute atomic E-state index is 0.0432. The summed E-state index contributed by atoms with van der Waals surface area (Å²) in [6.45, 7) is 4.07. The Hall–Kier alpha value is -1.22. The maximum atomic E-state index is 7.28. The van der Waals surface area contributed by atoms with Crippen LogP contribution in [0.1, 0.15) is 32.3 Å². The minimum atomic E-state index is -0.0432. The maximum absolute atomic E-state index is 7.28. The lowest BCUT2D eigenvalue weighted by Crippen LogP contribution is -2.23. The van der Waals surface area contributed by atoms with E-state index in [-0.39, 0.29) is 11.9 Å². The predicted molar refractivity (Wildman–Crippen MR) is 72.1 cm³/mol. The van der Waals surface area contributed by atoms with Gasteiger partial charge in [-0.05, 0) is 36.6 Å². The molecule has 1 rings (SSSR count). The van der Waals surface area contributed by atoms with Gasteiger partial charge in [-0.1, -0.05) is 25.4 Å². The number of nitrogens with two attached hydrogens (primary N) is 1. The second-order valence-corrected chi connectivity index (χ2v) is 4.39. The summed E-state index contributed by atoms with van der Waals surface area (Å²) in [6, 6.07) is 5.64. The van der Waals surface area contributed by atoms with E-state index >= 15 is 0 Å². The molecule has 0 saturated carbocycles. The molecule has 4 heteroatoms. The number of halogens is 1. The Morgan fingerprint density at radius 3 is 2.71 bits per heavy atom. The van der Waals surface area contributed by atoms with Crippen LogP contribution in [0.5, 0.6) is 5.75 Å². The van der Waals surface area contributed by atoms with Gasteiger partial charge in [0, 0.05) is 11.4 Å². The van der Waals surface area contributed by atoms with E-state index in [9.17, 15) is 0 Å². The Morgan fingerprint density at radius 1 is 1.47 bits per heavy atom. The third kappa shape index (κ3) is 4.27. The highest BCUT2D eigenvalue weighted by atomic mass is 35.5. The van der Waals surface area contributed by atoms with Gasteiger partial charge in [0.2, 0.25) is 0 Å². The first-order valence-electron chi connectivity index (χ1n) is 5.84. The van der Waals surface area contributed by atoms with Gasteiger partial charge in [-0.3, -0.25) is 5.41 Å². The van der Waals surface area contributed by atoms with Crippen LogP contribution in [0.4, 0.5) is 0 Å². The maximum Gasteiger partial charge on any atom is 0.120 e. The Bertz CT molecular complexity index is 393. The number of amidine groups is 1. The van der Waals surface area contributed by atoms with Gasteiger partial charge in [-0.25, -0.2) is 0 Å². The minimum Gasteiger partial charge on any atom is -0.490 e. The zero-order chi connectivity index (χ0) is 12.8. The van der Waals surface area contributed by atoms with E-state index in [1.165, 1.54) is 0 Å². The number of hydrogen-bond donors (Lipinski definition) is 2. The molecule has 0 heterocycles. The van der Waals surface area contributed by atoms with Crippen LogP contribution in [0.3, 0.4) is 0 Å². The molecule has 0 aromatic heterocycles. The van der Waals surface area contributed by atoms with Crippen LogP contribution in [-0.4, -0.2) is 11.9 Å². The van der Waals surface area contributed by atoms with Crippen LogP contribution >= 0.6 is 11.6 Å². The van der Waals surface area contributed by atoms with Crippen LogP contribution in [0.2, 0.25) is 5.02 Å². The summed E-state index contributed by atoms with van der Waals surface area (Å²) < 4.78 is 5.79. The second-order valence-electron chi connectivity index (χ2n) is 3.98. The highest BCUT2D eigenvalue weighted by Crippen LogP contribution is 2.24. The van der Waals surface area contributed by atoms with Crippen molar-refractivity contribution in [1.82, 2.24) is 0 Å². The van der Waals surface area contributed by atoms with Gasteiger partial charge in [0.25, 0.3) is 0 Å². The van der Waals surface area contributed by atoms with Gasteiger partial charge in [0.05, 0.1) is 5.84 Å². The van der Waals surface area contributed by atoms with Crippen molar-refractivity contribution in [3.05, 3.63) is 28.8 Å². The Balaban J connectivity index is 2.75. The fraction of sp³-hybridized carbons (Fsp3) is 0.462. The van der Waals surface area contributed by atoms with Crippen LogP contribution in [0, 0.1) is 5.41 Å². The number of nitrogens with one attached hydrogen (secondary N) is 1. The van der Waals surface area contributed by atoms with Crippen molar-refractivity contribution < 1.29 is 4.74 Å². The molecule has 0 amide bonds. The smallest absolute Gasteiger partial charge is 0.120 e. The monoisotopic (exact) mass is 254 g/mol. The van der Waals surface area contributed by atoms with Crippen molar-refractivity contribution in [1.29, 1.82) is 5.41 Å². The number of benzene rings is 1. The number of rotatable bonds is 6. The molecule has 1 atom stereocenters. The number of aryl methyl sites for hydroxylation is 1. The quantitative estimate of drug-likeness (QED) is 0.604. The molecule has 94 valence electrons. The molecule has 0 spiro atoms. The third-order valence-corrected chi connectivity index (χ3v) is 2.97. The molecule has 3 nitrogen and oxygen atoms in total. The van der Waals surface area contributed by atoms with Crippen molar-refractivity contribution in [3.63, 3.8) is 0 Å². The molecule has 1 aromatic carbocycles. The van der Waals surface area contributed by atoms with Crippen LogP contribution < -0.4 is 10.5 Å². The fourth-order valence-electron chi connectivity index (χ4n) is 1.60. The standard InChI is InChI=1S/C13H19ClN2O/c1-3-9-7-11(5-6-12(9)14)17-10(4-2)8-13(15)16/h5-7,10H,3-4,8H2,1-2H3,(H3,15,16). The first-order valence-corrected chi connectivity index (χ1v) is 6.22. The summed E-state index contributed by atoms with van der Waals surface area (Å²) >= 11 is 6.04. The van der Waals surface area contributed by atoms with Crippen molar-refractivity contribution in [3.8, 4) is 5.75 Å². The lowest BCUT2D eigenvalue weighted by molar-refractivity contribution is 0.204. The van der Waals surface area contributed by atoms with Crippen molar-refractivity contribution in [2.24, 2.45) is 5.73 Å². The van der Waals surface area contributed by atoms with Gasteiger partial charge in [0.1, 0.15) is 11.9 Å². The summed E-state index contributed by atoms with van der Waals surface area (Å²) in [4.78, 5) is 0. The van der Waals surface area contributed by atoms with Gasteiger partial charge < -0.3 is 10.5 Å². The molecule has 0 aliphatic rings. The lowest BCUT2D eigenvalue weighted by Gasteiger charge is -2.17. The molecule has 0 fully saturated rings. The molecular weight excluding hydrogens is 236 g/mol. The summed E-state index contributed by atoms with van der Waals surface area (Å²) in [5.41, 5.74) is 6.46. The van der Waals surface area contributed by atoms with Gasteiger partial charge >= 0.3 is 0 Å². The van der Waals surface area contributed by atoms with E-state index in [0.29, 0.717) is 6.42 Å². The number of hydrogen-bond acceptors (Lipinski definition) is 2. The van der Waals surface area contributed by atoms with Crippen molar-refractivity contribution in [2.75, 3.05) is 0 Å². The largest absolute Gasteiger partial charge is 0.490 e. The fourth-order valence-corrected chi connectivity index (χ4v) is 1.85. The average Bonchev–Trinajstić information content (AvgIpc) is 2.30.